The summed E-state index contributed by atoms with van der Waals surface area (Å²) in [6.45, 7) is 1.97. The van der Waals surface area contributed by atoms with Crippen LogP contribution in [0, 0.1) is 0 Å². The Kier molecular flexibility index (Phi) is 8.06. The molecular formula is C23H30N4O3. The number of rotatable bonds is 9. The lowest BCUT2D eigenvalue weighted by Gasteiger charge is -2.29. The molecule has 0 spiro atoms. The van der Waals surface area contributed by atoms with Gasteiger partial charge in [0.2, 0.25) is 0 Å². The fourth-order valence-electron chi connectivity index (χ4n) is 3.85. The van der Waals surface area contributed by atoms with Crippen molar-refractivity contribution in [2.24, 2.45) is 0 Å². The molecule has 0 bridgehead atoms. The second-order valence-electron chi connectivity index (χ2n) is 7.60. The number of carboxylic acids is 1. The Balaban J connectivity index is 1.42. The first-order valence-corrected chi connectivity index (χ1v) is 10.6. The molecule has 0 radical (unpaired) electrons. The second-order valence-corrected chi connectivity index (χ2v) is 7.60. The second kappa shape index (κ2) is 11.2. The van der Waals surface area contributed by atoms with E-state index in [0.29, 0.717) is 19.5 Å². The molecule has 1 aliphatic rings. The van der Waals surface area contributed by atoms with Gasteiger partial charge in [-0.3, -0.25) is 4.79 Å². The van der Waals surface area contributed by atoms with E-state index in [-0.39, 0.29) is 18.5 Å². The molecular weight excluding hydrogens is 380 g/mol. The molecule has 7 heteroatoms. The largest absolute Gasteiger partial charge is 0.481 e. The van der Waals surface area contributed by atoms with Gasteiger partial charge in [0, 0.05) is 31.9 Å². The maximum atomic E-state index is 12.8. The van der Waals surface area contributed by atoms with Crippen molar-refractivity contribution in [3.8, 4) is 0 Å². The molecule has 1 atom stereocenters. The number of carbonyl (C=O) groups excluding carboxylic acids is 1. The lowest BCUT2D eigenvalue weighted by Crippen LogP contribution is -2.48. The molecule has 7 nitrogen and oxygen atoms in total. The maximum Gasteiger partial charge on any atom is 0.317 e. The Bertz CT molecular complexity index is 828. The highest BCUT2D eigenvalue weighted by Crippen LogP contribution is 2.22. The van der Waals surface area contributed by atoms with Crippen LogP contribution in [-0.2, 0) is 17.6 Å². The van der Waals surface area contributed by atoms with Gasteiger partial charge in [-0.05, 0) is 55.4 Å². The number of nitrogens with zero attached hydrogens (tertiary/aromatic N) is 2. The van der Waals surface area contributed by atoms with Gasteiger partial charge in [0.05, 0.1) is 6.42 Å². The topological polar surface area (TPSA) is 94.6 Å². The molecule has 2 aromatic rings. The van der Waals surface area contributed by atoms with Gasteiger partial charge in [-0.15, -0.1) is 0 Å². The minimum absolute atomic E-state index is 0.0407. The van der Waals surface area contributed by atoms with Crippen LogP contribution < -0.4 is 10.6 Å². The maximum absolute atomic E-state index is 12.8. The molecule has 160 valence electrons. The Labute approximate surface area is 177 Å². The van der Waals surface area contributed by atoms with Gasteiger partial charge in [0.1, 0.15) is 5.82 Å². The van der Waals surface area contributed by atoms with Gasteiger partial charge in [-0.2, -0.15) is 0 Å². The summed E-state index contributed by atoms with van der Waals surface area (Å²) in [7, 11) is 0. The number of unbranched alkanes of at least 4 members (excludes halogenated alkanes) is 2. The predicted molar refractivity (Wildman–Crippen MR) is 117 cm³/mol. The van der Waals surface area contributed by atoms with Crippen LogP contribution in [0.3, 0.4) is 0 Å². The van der Waals surface area contributed by atoms with Crippen molar-refractivity contribution < 1.29 is 14.7 Å². The van der Waals surface area contributed by atoms with Crippen LogP contribution >= 0.6 is 0 Å². The Morgan fingerprint density at radius 2 is 1.80 bits per heavy atom. The Hall–Kier alpha value is -3.09. The smallest absolute Gasteiger partial charge is 0.317 e. The number of anilines is 1. The third-order valence-corrected chi connectivity index (χ3v) is 5.41. The fraction of sp³-hybridized carbons (Fsp3) is 0.435. The first kappa shape index (κ1) is 21.6. The number of urea groups is 1. The normalized spacial score (nSPS) is 15.7. The van der Waals surface area contributed by atoms with Crippen LogP contribution in [-0.4, -0.2) is 52.7 Å². The third kappa shape index (κ3) is 6.47. The van der Waals surface area contributed by atoms with E-state index in [1.165, 1.54) is 5.56 Å². The van der Waals surface area contributed by atoms with Crippen LogP contribution in [0.25, 0.3) is 0 Å². The van der Waals surface area contributed by atoms with E-state index in [2.05, 4.69) is 21.7 Å². The van der Waals surface area contributed by atoms with Gasteiger partial charge in [0.15, 0.2) is 0 Å². The van der Waals surface area contributed by atoms with E-state index in [9.17, 15) is 14.7 Å². The number of hydrogen-bond donors (Lipinski definition) is 3. The lowest BCUT2D eigenvalue weighted by molar-refractivity contribution is -0.138. The van der Waals surface area contributed by atoms with Gasteiger partial charge in [0.25, 0.3) is 0 Å². The van der Waals surface area contributed by atoms with Crippen molar-refractivity contribution in [1.82, 2.24) is 15.2 Å². The summed E-state index contributed by atoms with van der Waals surface area (Å²) in [5, 5.41) is 15.6. The summed E-state index contributed by atoms with van der Waals surface area (Å²) in [4.78, 5) is 30.1. The van der Waals surface area contributed by atoms with E-state index in [4.69, 9.17) is 0 Å². The number of benzene rings is 1. The summed E-state index contributed by atoms with van der Waals surface area (Å²) < 4.78 is 0. The van der Waals surface area contributed by atoms with E-state index in [1.807, 2.05) is 36.4 Å². The van der Waals surface area contributed by atoms with Crippen molar-refractivity contribution in [1.29, 1.82) is 0 Å². The molecule has 0 saturated heterocycles. The number of nitrogens with one attached hydrogen (secondary N) is 2. The molecule has 3 rings (SSSR count). The van der Waals surface area contributed by atoms with Crippen LogP contribution in [0.4, 0.5) is 10.6 Å². The number of aromatic nitrogens is 1. The molecule has 0 fully saturated rings. The highest BCUT2D eigenvalue weighted by molar-refractivity contribution is 5.76. The molecule has 2 heterocycles. The van der Waals surface area contributed by atoms with Crippen molar-refractivity contribution in [3.63, 3.8) is 0 Å². The van der Waals surface area contributed by atoms with Crippen LogP contribution in [0.1, 0.15) is 36.8 Å². The van der Waals surface area contributed by atoms with E-state index < -0.39 is 5.97 Å². The minimum Gasteiger partial charge on any atom is -0.481 e. The molecule has 1 aromatic heterocycles. The zero-order valence-corrected chi connectivity index (χ0v) is 17.2. The van der Waals surface area contributed by atoms with Gasteiger partial charge in [-0.25, -0.2) is 9.78 Å². The van der Waals surface area contributed by atoms with Crippen LogP contribution in [0.15, 0.2) is 48.7 Å². The number of amides is 2. The zero-order chi connectivity index (χ0) is 21.2. The number of hydrogen-bond acceptors (Lipinski definition) is 4. The average Bonchev–Trinajstić information content (AvgIpc) is 2.92. The van der Waals surface area contributed by atoms with E-state index in [0.717, 1.165) is 43.6 Å². The molecule has 0 aliphatic carbocycles. The first-order valence-electron chi connectivity index (χ1n) is 10.6. The van der Waals surface area contributed by atoms with Crippen LogP contribution in [0.5, 0.6) is 0 Å². The Morgan fingerprint density at radius 1 is 1.03 bits per heavy atom. The lowest BCUT2D eigenvalue weighted by atomic mass is 9.99. The highest BCUT2D eigenvalue weighted by Gasteiger charge is 2.29. The van der Waals surface area contributed by atoms with Gasteiger partial charge in [-0.1, -0.05) is 30.3 Å². The van der Waals surface area contributed by atoms with E-state index >= 15 is 0 Å². The monoisotopic (exact) mass is 410 g/mol. The number of aliphatic carboxylic acids is 1. The fourth-order valence-corrected chi connectivity index (χ4v) is 3.85. The minimum atomic E-state index is -0.877. The quantitative estimate of drug-likeness (QED) is 0.551. The third-order valence-electron chi connectivity index (χ3n) is 5.41. The number of pyridine rings is 1. The standard InChI is InChI=1S/C23H30N4O3/c28-22(29)17-20-16-19-9-3-2-8-18(19)11-15-27(20)23(30)26-14-6-1-5-12-24-21-10-4-7-13-25-21/h2-4,7-10,13,20H,1,5-6,11-12,14-17H2,(H,24,25)(H,26,30)(H,28,29). The molecule has 0 saturated carbocycles. The van der Waals surface area contributed by atoms with E-state index in [1.54, 1.807) is 11.1 Å². The summed E-state index contributed by atoms with van der Waals surface area (Å²) >= 11 is 0. The van der Waals surface area contributed by atoms with Crippen molar-refractivity contribution in [3.05, 3.63) is 59.8 Å². The van der Waals surface area contributed by atoms with Crippen molar-refractivity contribution in [2.45, 2.75) is 44.6 Å². The summed E-state index contributed by atoms with van der Waals surface area (Å²) in [6, 6.07) is 13.3. The highest BCUT2D eigenvalue weighted by atomic mass is 16.4. The Morgan fingerprint density at radius 3 is 2.57 bits per heavy atom. The molecule has 30 heavy (non-hydrogen) atoms. The first-order chi connectivity index (χ1) is 14.6. The molecule has 1 unspecified atom stereocenters. The molecule has 1 aromatic carbocycles. The summed E-state index contributed by atoms with van der Waals surface area (Å²) in [6.07, 6.45) is 5.91. The summed E-state index contributed by atoms with van der Waals surface area (Å²) in [5.74, 6) is -0.00461. The van der Waals surface area contributed by atoms with Gasteiger partial charge < -0.3 is 20.6 Å². The molecule has 1 aliphatic heterocycles. The average molecular weight is 411 g/mol. The van der Waals surface area contributed by atoms with Crippen molar-refractivity contribution >= 4 is 17.8 Å². The number of fused-ring (bicyclic) bond motifs is 1. The van der Waals surface area contributed by atoms with Crippen molar-refractivity contribution in [2.75, 3.05) is 25.0 Å². The SMILES string of the molecule is O=C(O)CC1Cc2ccccc2CCN1C(=O)NCCCCCNc1ccccn1. The predicted octanol–water partition coefficient (Wildman–Crippen LogP) is 3.32. The van der Waals surface area contributed by atoms with Gasteiger partial charge >= 0.3 is 12.0 Å². The molecule has 2 amide bonds. The van der Waals surface area contributed by atoms with Crippen LogP contribution in [0.2, 0.25) is 0 Å². The number of carboxylic acid groups (broad SMARTS) is 1. The molecule has 3 N–H and O–H groups in total. The number of carbonyl (C=O) groups is 2. The zero-order valence-electron chi connectivity index (χ0n) is 17.2. The summed E-state index contributed by atoms with van der Waals surface area (Å²) in [5.41, 5.74) is 2.34.